The smallest absolute Gasteiger partial charge is 0.243 e. The van der Waals surface area contributed by atoms with E-state index in [9.17, 15) is 8.42 Å². The largest absolute Gasteiger partial charge is 0.497 e. The minimum atomic E-state index is -3.59. The lowest BCUT2D eigenvalue weighted by atomic mass is 10.2. The lowest BCUT2D eigenvalue weighted by molar-refractivity contribution is 0.141. The molecular formula is C31H37N5O4S. The summed E-state index contributed by atoms with van der Waals surface area (Å²) in [6.45, 7) is 6.75. The summed E-state index contributed by atoms with van der Waals surface area (Å²) >= 11 is 0. The Balaban J connectivity index is 1.28. The van der Waals surface area contributed by atoms with Crippen molar-refractivity contribution >= 4 is 32.4 Å². The lowest BCUT2D eigenvalue weighted by Crippen LogP contribution is -2.49. The molecule has 0 spiro atoms. The Hall–Kier alpha value is -3.73. The molecule has 0 aliphatic carbocycles. The fourth-order valence-corrected chi connectivity index (χ4v) is 6.30. The number of hydrogen-bond donors (Lipinski definition) is 1. The maximum absolute atomic E-state index is 13.3. The molecule has 0 bridgehead atoms. The molecule has 1 aliphatic heterocycles. The highest BCUT2D eigenvalue weighted by Gasteiger charge is 2.31. The van der Waals surface area contributed by atoms with Crippen LogP contribution in [0.1, 0.15) is 38.6 Å². The van der Waals surface area contributed by atoms with Gasteiger partial charge in [-0.15, -0.1) is 0 Å². The number of hydrogen-bond acceptors (Lipinski definition) is 8. The number of rotatable bonds is 11. The van der Waals surface area contributed by atoms with Crippen molar-refractivity contribution in [2.75, 3.05) is 45.2 Å². The summed E-state index contributed by atoms with van der Waals surface area (Å²) < 4.78 is 39.2. The van der Waals surface area contributed by atoms with Gasteiger partial charge in [0, 0.05) is 37.3 Å². The molecule has 5 rings (SSSR count). The van der Waals surface area contributed by atoms with Crippen molar-refractivity contribution < 1.29 is 17.9 Å². The van der Waals surface area contributed by atoms with Crippen molar-refractivity contribution in [3.05, 3.63) is 78.6 Å². The van der Waals surface area contributed by atoms with E-state index in [2.05, 4.69) is 24.1 Å². The standard InChI is InChI=1S/C31H37N5O4S/c1-4-5-22-40-26-14-16-27(17-15-26)41(37,38)36-20-18-35(19-21-36)23(2)30-33-29-9-7-6-8-28(29)31(34-30)32-24-10-12-25(39-3)13-11-24/h6-17,23H,4-5,18-22H2,1-3H3,(H,32,33,34). The van der Waals surface area contributed by atoms with Crippen LogP contribution in [0.3, 0.4) is 0 Å². The number of sulfonamides is 1. The molecule has 1 aliphatic rings. The van der Waals surface area contributed by atoms with Gasteiger partial charge in [0.15, 0.2) is 0 Å². The van der Waals surface area contributed by atoms with E-state index in [0.717, 1.165) is 41.0 Å². The van der Waals surface area contributed by atoms with Gasteiger partial charge in [0.1, 0.15) is 23.1 Å². The summed E-state index contributed by atoms with van der Waals surface area (Å²) in [4.78, 5) is 12.3. The van der Waals surface area contributed by atoms with Crippen LogP contribution in [0, 0.1) is 0 Å². The van der Waals surface area contributed by atoms with E-state index in [-0.39, 0.29) is 10.9 Å². The number of nitrogens with zero attached hydrogens (tertiary/aromatic N) is 4. The second kappa shape index (κ2) is 12.8. The number of anilines is 2. The van der Waals surface area contributed by atoms with Gasteiger partial charge < -0.3 is 14.8 Å². The summed E-state index contributed by atoms with van der Waals surface area (Å²) in [6, 6.07) is 22.3. The van der Waals surface area contributed by atoms with E-state index in [4.69, 9.17) is 19.4 Å². The molecule has 4 aromatic rings. The van der Waals surface area contributed by atoms with Crippen molar-refractivity contribution in [1.29, 1.82) is 0 Å². The molecule has 1 N–H and O–H groups in total. The minimum absolute atomic E-state index is 0.0968. The maximum Gasteiger partial charge on any atom is 0.243 e. The Morgan fingerprint density at radius 3 is 2.27 bits per heavy atom. The number of methoxy groups -OCH3 is 1. The maximum atomic E-state index is 13.3. The van der Waals surface area contributed by atoms with Crippen LogP contribution in [0.4, 0.5) is 11.5 Å². The van der Waals surface area contributed by atoms with Crippen LogP contribution < -0.4 is 14.8 Å². The van der Waals surface area contributed by atoms with E-state index in [0.29, 0.717) is 44.4 Å². The van der Waals surface area contributed by atoms with Crippen LogP contribution >= 0.6 is 0 Å². The molecule has 41 heavy (non-hydrogen) atoms. The normalized spacial score (nSPS) is 15.5. The molecular weight excluding hydrogens is 538 g/mol. The summed E-state index contributed by atoms with van der Waals surface area (Å²) in [6.07, 6.45) is 2.01. The zero-order valence-electron chi connectivity index (χ0n) is 23.8. The average molecular weight is 576 g/mol. The zero-order chi connectivity index (χ0) is 28.8. The third kappa shape index (κ3) is 6.61. The van der Waals surface area contributed by atoms with Gasteiger partial charge in [0.2, 0.25) is 10.0 Å². The molecule has 1 saturated heterocycles. The molecule has 1 atom stereocenters. The molecule has 0 saturated carbocycles. The number of piperazine rings is 1. The van der Waals surface area contributed by atoms with Gasteiger partial charge in [-0.05, 0) is 74.0 Å². The topological polar surface area (TPSA) is 96.9 Å². The molecule has 1 fully saturated rings. The zero-order valence-corrected chi connectivity index (χ0v) is 24.6. The molecule has 0 amide bonds. The number of para-hydroxylation sites is 1. The van der Waals surface area contributed by atoms with E-state index >= 15 is 0 Å². The number of benzene rings is 3. The fraction of sp³-hybridized carbons (Fsp3) is 0.355. The second-order valence-corrected chi connectivity index (χ2v) is 12.0. The molecule has 1 unspecified atom stereocenters. The third-order valence-electron chi connectivity index (χ3n) is 7.40. The lowest BCUT2D eigenvalue weighted by Gasteiger charge is -2.36. The van der Waals surface area contributed by atoms with Crippen LogP contribution in [0.25, 0.3) is 10.9 Å². The average Bonchev–Trinajstić information content (AvgIpc) is 3.01. The first-order valence-electron chi connectivity index (χ1n) is 14.0. The Morgan fingerprint density at radius 1 is 0.902 bits per heavy atom. The van der Waals surface area contributed by atoms with Crippen LogP contribution in [0.15, 0.2) is 77.7 Å². The van der Waals surface area contributed by atoms with Gasteiger partial charge in [-0.25, -0.2) is 18.4 Å². The van der Waals surface area contributed by atoms with Gasteiger partial charge in [0.05, 0.1) is 30.2 Å². The first kappa shape index (κ1) is 28.8. The highest BCUT2D eigenvalue weighted by molar-refractivity contribution is 7.89. The first-order valence-corrected chi connectivity index (χ1v) is 15.5. The Labute approximate surface area is 242 Å². The van der Waals surface area contributed by atoms with Gasteiger partial charge in [-0.1, -0.05) is 25.5 Å². The summed E-state index contributed by atoms with van der Waals surface area (Å²) in [5.74, 6) is 2.89. The summed E-state index contributed by atoms with van der Waals surface area (Å²) in [7, 11) is -1.95. The molecule has 1 aromatic heterocycles. The van der Waals surface area contributed by atoms with Gasteiger partial charge >= 0.3 is 0 Å². The predicted octanol–water partition coefficient (Wildman–Crippen LogP) is 5.63. The number of ether oxygens (including phenoxy) is 2. The summed E-state index contributed by atoms with van der Waals surface area (Å²) in [5, 5.41) is 4.37. The van der Waals surface area contributed by atoms with Gasteiger partial charge in [0.25, 0.3) is 0 Å². The molecule has 10 heteroatoms. The number of unbranched alkanes of at least 4 members (excludes halogenated alkanes) is 1. The molecule has 216 valence electrons. The van der Waals surface area contributed by atoms with Crippen molar-refractivity contribution in [3.8, 4) is 11.5 Å². The van der Waals surface area contributed by atoms with Crippen molar-refractivity contribution in [2.45, 2.75) is 37.6 Å². The Bertz CT molecular complexity index is 1550. The van der Waals surface area contributed by atoms with Gasteiger partial charge in [-0.3, -0.25) is 4.90 Å². The number of aromatic nitrogens is 2. The highest BCUT2D eigenvalue weighted by atomic mass is 32.2. The van der Waals surface area contributed by atoms with Gasteiger partial charge in [-0.2, -0.15) is 4.31 Å². The van der Waals surface area contributed by atoms with Crippen molar-refractivity contribution in [2.24, 2.45) is 0 Å². The quantitative estimate of drug-likeness (QED) is 0.230. The van der Waals surface area contributed by atoms with Crippen molar-refractivity contribution in [3.63, 3.8) is 0 Å². The SMILES string of the molecule is CCCCOc1ccc(S(=O)(=O)N2CCN(C(C)c3nc(Nc4ccc(OC)cc4)c4ccccc4n3)CC2)cc1. The molecule has 2 heterocycles. The molecule has 9 nitrogen and oxygen atoms in total. The van der Waals surface area contributed by atoms with E-state index < -0.39 is 10.0 Å². The third-order valence-corrected chi connectivity index (χ3v) is 9.31. The molecule has 0 radical (unpaired) electrons. The van der Waals surface area contributed by atoms with E-state index in [1.165, 1.54) is 0 Å². The number of fused-ring (bicyclic) bond motifs is 1. The number of nitrogens with one attached hydrogen (secondary N) is 1. The fourth-order valence-electron chi connectivity index (χ4n) is 4.87. The minimum Gasteiger partial charge on any atom is -0.497 e. The predicted molar refractivity (Wildman–Crippen MR) is 161 cm³/mol. The molecule has 3 aromatic carbocycles. The van der Waals surface area contributed by atoms with Crippen molar-refractivity contribution in [1.82, 2.24) is 19.2 Å². The Morgan fingerprint density at radius 2 is 1.59 bits per heavy atom. The van der Waals surface area contributed by atoms with Crippen LogP contribution in [0.5, 0.6) is 11.5 Å². The van der Waals surface area contributed by atoms with E-state index in [1.807, 2.05) is 48.5 Å². The highest BCUT2D eigenvalue weighted by Crippen LogP contribution is 2.29. The van der Waals surface area contributed by atoms with Crippen LogP contribution in [-0.4, -0.2) is 67.5 Å². The monoisotopic (exact) mass is 575 g/mol. The summed E-state index contributed by atoms with van der Waals surface area (Å²) in [5.41, 5.74) is 1.75. The van der Waals surface area contributed by atoms with Crippen LogP contribution in [-0.2, 0) is 10.0 Å². The van der Waals surface area contributed by atoms with Crippen LogP contribution in [0.2, 0.25) is 0 Å². The Kier molecular flexibility index (Phi) is 9.02. The first-order chi connectivity index (χ1) is 19.9. The second-order valence-electron chi connectivity index (χ2n) is 10.1. The van der Waals surface area contributed by atoms with E-state index in [1.54, 1.807) is 35.7 Å².